The molecule has 2 saturated heterocycles. The Balaban J connectivity index is 1.21. The third-order valence-corrected chi connectivity index (χ3v) is 5.61. The predicted octanol–water partition coefficient (Wildman–Crippen LogP) is 3.14. The van der Waals surface area contributed by atoms with Crippen LogP contribution in [0.4, 0.5) is 5.82 Å². The topological polar surface area (TPSA) is 88.6 Å². The average Bonchev–Trinajstić information content (AvgIpc) is 2.84. The molecule has 170 valence electrons. The van der Waals surface area contributed by atoms with Crippen molar-refractivity contribution in [2.45, 2.75) is 51.0 Å². The Morgan fingerprint density at radius 1 is 1.16 bits per heavy atom. The summed E-state index contributed by atoms with van der Waals surface area (Å²) in [5, 5.41) is 3.49. The first-order chi connectivity index (χ1) is 15.7. The molecule has 2 atom stereocenters. The summed E-state index contributed by atoms with van der Waals surface area (Å²) in [5.41, 5.74) is 4.34. The fourth-order valence-corrected chi connectivity index (χ4v) is 3.99. The summed E-state index contributed by atoms with van der Waals surface area (Å²) in [6.07, 6.45) is 11.1. The number of hydroxylamine groups is 1. The number of rotatable bonds is 8. The van der Waals surface area contributed by atoms with E-state index >= 15 is 0 Å². The van der Waals surface area contributed by atoms with Crippen LogP contribution < -0.4 is 10.8 Å². The molecular weight excluding hydrogens is 406 g/mol. The minimum absolute atomic E-state index is 0.341. The lowest BCUT2D eigenvalue weighted by atomic mass is 10.0. The van der Waals surface area contributed by atoms with Gasteiger partial charge in [0.05, 0.1) is 18.1 Å². The third-order valence-electron chi connectivity index (χ3n) is 5.61. The molecule has 2 aliphatic heterocycles. The summed E-state index contributed by atoms with van der Waals surface area (Å²) in [4.78, 5) is 28.5. The molecule has 3 heterocycles. The van der Waals surface area contributed by atoms with E-state index in [1.165, 1.54) is 11.6 Å². The van der Waals surface area contributed by atoms with Crippen LogP contribution in [0.25, 0.3) is 6.08 Å². The minimum Gasteiger partial charge on any atom is -0.365 e. The molecule has 2 aromatic rings. The second kappa shape index (κ2) is 11.7. The van der Waals surface area contributed by atoms with Crippen molar-refractivity contribution in [2.75, 3.05) is 25.0 Å². The number of ether oxygens (including phenoxy) is 1. The van der Waals surface area contributed by atoms with E-state index in [1.54, 1.807) is 18.5 Å². The van der Waals surface area contributed by atoms with E-state index in [0.717, 1.165) is 57.6 Å². The average molecular weight is 438 g/mol. The number of amides is 1. The molecule has 0 bridgehead atoms. The highest BCUT2D eigenvalue weighted by molar-refractivity contribution is 5.90. The van der Waals surface area contributed by atoms with E-state index in [2.05, 4.69) is 49.9 Å². The van der Waals surface area contributed by atoms with Crippen LogP contribution in [0.15, 0.2) is 48.8 Å². The zero-order valence-corrected chi connectivity index (χ0v) is 18.3. The van der Waals surface area contributed by atoms with Crippen molar-refractivity contribution in [3.63, 3.8) is 0 Å². The van der Waals surface area contributed by atoms with Gasteiger partial charge in [0.2, 0.25) is 0 Å². The van der Waals surface area contributed by atoms with Crippen molar-refractivity contribution in [1.29, 1.82) is 0 Å². The molecule has 0 spiro atoms. The molecular formula is C24H31N5O3. The first-order valence-corrected chi connectivity index (χ1v) is 11.3. The number of likely N-dealkylation sites (tertiary alicyclic amines) is 1. The molecule has 2 aliphatic rings. The van der Waals surface area contributed by atoms with Crippen LogP contribution >= 0.6 is 0 Å². The monoisotopic (exact) mass is 437 g/mol. The molecule has 0 aliphatic carbocycles. The number of nitrogens with zero attached hydrogens (tertiary/aromatic N) is 3. The molecule has 8 nitrogen and oxygen atoms in total. The van der Waals surface area contributed by atoms with E-state index in [-0.39, 0.29) is 12.2 Å². The van der Waals surface area contributed by atoms with Gasteiger partial charge in [-0.25, -0.2) is 15.3 Å². The second-order valence-corrected chi connectivity index (χ2v) is 8.24. The van der Waals surface area contributed by atoms with E-state index < -0.39 is 0 Å². The van der Waals surface area contributed by atoms with Gasteiger partial charge in [0.25, 0.3) is 5.91 Å². The molecule has 0 saturated carbocycles. The van der Waals surface area contributed by atoms with Gasteiger partial charge in [-0.2, -0.15) is 0 Å². The Bertz CT molecular complexity index is 869. The maximum Gasteiger partial charge on any atom is 0.267 e. The lowest BCUT2D eigenvalue weighted by Gasteiger charge is -2.33. The fourth-order valence-electron chi connectivity index (χ4n) is 3.99. The van der Waals surface area contributed by atoms with Gasteiger partial charge >= 0.3 is 0 Å². The Kier molecular flexibility index (Phi) is 8.19. The van der Waals surface area contributed by atoms with Crippen LogP contribution in [0.5, 0.6) is 0 Å². The fraction of sp³-hybridized carbons (Fsp3) is 0.458. The minimum atomic E-state index is -0.366. The predicted molar refractivity (Wildman–Crippen MR) is 122 cm³/mol. The zero-order chi connectivity index (χ0) is 22.0. The van der Waals surface area contributed by atoms with Gasteiger partial charge in [-0.15, -0.1) is 0 Å². The maximum absolute atomic E-state index is 11.9. The van der Waals surface area contributed by atoms with Gasteiger partial charge in [0.1, 0.15) is 5.82 Å². The van der Waals surface area contributed by atoms with Crippen molar-refractivity contribution in [2.24, 2.45) is 0 Å². The van der Waals surface area contributed by atoms with Crippen LogP contribution in [0.2, 0.25) is 0 Å². The number of nitrogens with one attached hydrogen (secondary N) is 2. The Labute approximate surface area is 189 Å². The van der Waals surface area contributed by atoms with E-state index in [1.807, 2.05) is 6.07 Å². The molecule has 1 unspecified atom stereocenters. The Morgan fingerprint density at radius 3 is 2.84 bits per heavy atom. The van der Waals surface area contributed by atoms with Crippen LogP contribution in [0.1, 0.15) is 43.4 Å². The summed E-state index contributed by atoms with van der Waals surface area (Å²) in [7, 11) is 0. The molecule has 1 aromatic heterocycles. The van der Waals surface area contributed by atoms with Crippen molar-refractivity contribution in [3.05, 3.63) is 60.1 Å². The lowest BCUT2D eigenvalue weighted by Crippen LogP contribution is -2.41. The number of aromatic nitrogens is 2. The summed E-state index contributed by atoms with van der Waals surface area (Å²) >= 11 is 0. The van der Waals surface area contributed by atoms with Crippen LogP contribution in [-0.2, 0) is 20.9 Å². The van der Waals surface area contributed by atoms with Gasteiger partial charge in [-0.3, -0.25) is 14.7 Å². The number of carbonyl (C=O) groups excluding carboxylic acids is 1. The quantitative estimate of drug-likeness (QED) is 0.484. The van der Waals surface area contributed by atoms with Crippen molar-refractivity contribution in [1.82, 2.24) is 20.3 Å². The van der Waals surface area contributed by atoms with E-state index in [0.29, 0.717) is 18.3 Å². The van der Waals surface area contributed by atoms with Crippen molar-refractivity contribution in [3.8, 4) is 0 Å². The number of carbonyl (C=O) groups is 1. The molecule has 4 rings (SSSR count). The highest BCUT2D eigenvalue weighted by Gasteiger charge is 2.20. The molecule has 2 N–H and O–H groups in total. The first-order valence-electron chi connectivity index (χ1n) is 11.3. The first kappa shape index (κ1) is 22.4. The zero-order valence-electron chi connectivity index (χ0n) is 18.3. The van der Waals surface area contributed by atoms with E-state index in [9.17, 15) is 4.79 Å². The number of hydrogen-bond acceptors (Lipinski definition) is 7. The van der Waals surface area contributed by atoms with Gasteiger partial charge in [-0.1, -0.05) is 30.3 Å². The normalized spacial score (nSPS) is 22.0. The SMILES string of the molecule is O=C(C=Cc1cnc(N[C@@H]2CCCN(Cc3ccccc3)C2)cn1)NOC1CCCCO1. The van der Waals surface area contributed by atoms with Gasteiger partial charge in [0, 0.05) is 38.2 Å². The van der Waals surface area contributed by atoms with Crippen molar-refractivity contribution >= 4 is 17.8 Å². The summed E-state index contributed by atoms with van der Waals surface area (Å²) < 4.78 is 5.41. The lowest BCUT2D eigenvalue weighted by molar-refractivity contribution is -0.198. The van der Waals surface area contributed by atoms with Crippen molar-refractivity contribution < 1.29 is 14.4 Å². The van der Waals surface area contributed by atoms with Crippen LogP contribution in [0.3, 0.4) is 0 Å². The van der Waals surface area contributed by atoms with Crippen LogP contribution in [-0.4, -0.2) is 52.8 Å². The summed E-state index contributed by atoms with van der Waals surface area (Å²) in [5.74, 6) is 0.389. The molecule has 1 amide bonds. The number of piperidine rings is 1. The standard InChI is InChI=1S/C24H31N5O3/c30-23(28-32-24-10-4-5-14-31-24)12-11-20-15-26-22(16-25-20)27-21-9-6-13-29(18-21)17-19-7-2-1-3-8-19/h1-3,7-8,11-12,15-16,21,24H,4-6,9-10,13-14,17-18H2,(H,26,27)(H,28,30)/t21-,24?/m1/s1. The van der Waals surface area contributed by atoms with E-state index in [4.69, 9.17) is 9.57 Å². The highest BCUT2D eigenvalue weighted by Crippen LogP contribution is 2.17. The maximum atomic E-state index is 11.9. The molecule has 2 fully saturated rings. The third kappa shape index (κ3) is 7.12. The Hall–Kier alpha value is -2.81. The van der Waals surface area contributed by atoms with Gasteiger partial charge < -0.3 is 10.1 Å². The Morgan fingerprint density at radius 2 is 2.06 bits per heavy atom. The number of anilines is 1. The number of benzene rings is 1. The molecule has 8 heteroatoms. The summed E-state index contributed by atoms with van der Waals surface area (Å²) in [6, 6.07) is 10.9. The smallest absolute Gasteiger partial charge is 0.267 e. The summed E-state index contributed by atoms with van der Waals surface area (Å²) in [6.45, 7) is 3.72. The van der Waals surface area contributed by atoms with Gasteiger partial charge in [-0.05, 0) is 43.9 Å². The molecule has 0 radical (unpaired) electrons. The second-order valence-electron chi connectivity index (χ2n) is 8.24. The molecule has 1 aromatic carbocycles. The van der Waals surface area contributed by atoms with Crippen LogP contribution in [0, 0.1) is 0 Å². The molecule has 32 heavy (non-hydrogen) atoms. The largest absolute Gasteiger partial charge is 0.365 e. The number of hydrogen-bond donors (Lipinski definition) is 2. The highest BCUT2D eigenvalue weighted by atomic mass is 16.8. The van der Waals surface area contributed by atoms with Gasteiger partial charge in [0.15, 0.2) is 6.29 Å².